The summed E-state index contributed by atoms with van der Waals surface area (Å²) < 4.78 is 7.20. The minimum absolute atomic E-state index is 0.197. The first kappa shape index (κ1) is 19.2. The van der Waals surface area contributed by atoms with Crippen LogP contribution >= 0.6 is 0 Å². The molecule has 2 atom stereocenters. The van der Waals surface area contributed by atoms with E-state index in [1.807, 2.05) is 60.9 Å². The van der Waals surface area contributed by atoms with Gasteiger partial charge in [-0.25, -0.2) is 0 Å². The normalized spacial score (nSPS) is 20.9. The van der Waals surface area contributed by atoms with Crippen LogP contribution in [-0.4, -0.2) is 40.7 Å². The maximum absolute atomic E-state index is 13.0. The quantitative estimate of drug-likeness (QED) is 0.445. The molecule has 0 spiro atoms. The van der Waals surface area contributed by atoms with Gasteiger partial charge in [-0.3, -0.25) is 19.3 Å². The lowest BCUT2D eigenvalue weighted by molar-refractivity contribution is -0.139. The van der Waals surface area contributed by atoms with E-state index >= 15 is 0 Å². The third-order valence-corrected chi connectivity index (χ3v) is 5.96. The molecule has 6 heteroatoms. The highest BCUT2D eigenvalue weighted by Gasteiger charge is 2.47. The number of hydrogen-bond acceptors (Lipinski definition) is 4. The van der Waals surface area contributed by atoms with Crippen LogP contribution in [0.3, 0.4) is 0 Å². The molecule has 1 saturated heterocycles. The number of benzene rings is 1. The third kappa shape index (κ3) is 3.18. The summed E-state index contributed by atoms with van der Waals surface area (Å²) in [5.74, 6) is -0.525. The average Bonchev–Trinajstić information content (AvgIpc) is 3.16. The van der Waals surface area contributed by atoms with Crippen LogP contribution in [0.1, 0.15) is 34.6 Å². The second-order valence-corrected chi connectivity index (χ2v) is 7.66. The molecule has 0 N–H and O–H groups in total. The van der Waals surface area contributed by atoms with Crippen LogP contribution in [0.4, 0.5) is 0 Å². The van der Waals surface area contributed by atoms with E-state index < -0.39 is 0 Å². The Morgan fingerprint density at radius 1 is 1.03 bits per heavy atom. The molecule has 2 aliphatic rings. The summed E-state index contributed by atoms with van der Waals surface area (Å²) in [6, 6.07) is 9.41. The molecule has 0 radical (unpaired) electrons. The van der Waals surface area contributed by atoms with Gasteiger partial charge in [0.25, 0.3) is 0 Å². The number of carbonyl (C=O) groups excluding carboxylic acids is 3. The average molecular weight is 392 g/mol. The molecule has 1 aromatic carbocycles. The van der Waals surface area contributed by atoms with Gasteiger partial charge < -0.3 is 9.30 Å². The van der Waals surface area contributed by atoms with Crippen LogP contribution in [0, 0.1) is 25.7 Å². The number of amides is 2. The number of imide groups is 1. The lowest BCUT2D eigenvalue weighted by atomic mass is 9.85. The van der Waals surface area contributed by atoms with E-state index in [1.165, 1.54) is 0 Å². The van der Waals surface area contributed by atoms with Crippen molar-refractivity contribution in [2.24, 2.45) is 11.8 Å². The number of nitrogens with zero attached hydrogens (tertiary/aromatic N) is 2. The molecule has 6 nitrogen and oxygen atoms in total. The van der Waals surface area contributed by atoms with Gasteiger partial charge in [-0.05, 0) is 57.0 Å². The second-order valence-electron chi connectivity index (χ2n) is 7.66. The molecule has 1 fully saturated rings. The van der Waals surface area contributed by atoms with E-state index in [0.29, 0.717) is 18.4 Å². The van der Waals surface area contributed by atoms with Crippen molar-refractivity contribution < 1.29 is 19.1 Å². The lowest BCUT2D eigenvalue weighted by Crippen LogP contribution is -2.36. The van der Waals surface area contributed by atoms with E-state index in [-0.39, 0.29) is 36.0 Å². The molecule has 1 aliphatic carbocycles. The van der Waals surface area contributed by atoms with Gasteiger partial charge in [0.15, 0.2) is 5.78 Å². The van der Waals surface area contributed by atoms with Crippen LogP contribution in [0.2, 0.25) is 0 Å². The number of hydrogen-bond donors (Lipinski definition) is 0. The van der Waals surface area contributed by atoms with Gasteiger partial charge in [0.1, 0.15) is 5.75 Å². The number of fused-ring (bicyclic) bond motifs is 1. The van der Waals surface area contributed by atoms with Gasteiger partial charge in [-0.15, -0.1) is 0 Å². The largest absolute Gasteiger partial charge is 0.497 e. The van der Waals surface area contributed by atoms with E-state index in [0.717, 1.165) is 27.7 Å². The van der Waals surface area contributed by atoms with Gasteiger partial charge in [0.05, 0.1) is 25.5 Å². The standard InChI is InChI=1S/C23H24N2O4/c1-14-12-20(15(2)25(14)16-8-10-17(29-3)11-9-16)21(26)13-24-22(27)18-6-4-5-7-19(18)23(24)28/h4-5,8-12,18-19H,6-7,13H2,1-3H3. The van der Waals surface area contributed by atoms with Crippen molar-refractivity contribution in [3.8, 4) is 11.4 Å². The fourth-order valence-electron chi connectivity index (χ4n) is 4.43. The molecule has 2 heterocycles. The Hall–Kier alpha value is -3.15. The van der Waals surface area contributed by atoms with Crippen molar-refractivity contribution in [2.45, 2.75) is 26.7 Å². The lowest BCUT2D eigenvalue weighted by Gasteiger charge is -2.14. The number of allylic oxidation sites excluding steroid dienone is 2. The Bertz CT molecular complexity index is 990. The molecule has 4 rings (SSSR count). The smallest absolute Gasteiger partial charge is 0.233 e. The number of aryl methyl sites for hydroxylation is 1. The van der Waals surface area contributed by atoms with Crippen LogP contribution in [0.15, 0.2) is 42.5 Å². The third-order valence-electron chi connectivity index (χ3n) is 5.96. The number of carbonyl (C=O) groups is 3. The molecule has 2 amide bonds. The number of likely N-dealkylation sites (tertiary alicyclic amines) is 1. The maximum Gasteiger partial charge on any atom is 0.233 e. The fourth-order valence-corrected chi connectivity index (χ4v) is 4.43. The van der Waals surface area contributed by atoms with Gasteiger partial charge in [-0.2, -0.15) is 0 Å². The zero-order valence-corrected chi connectivity index (χ0v) is 16.8. The van der Waals surface area contributed by atoms with Crippen LogP contribution < -0.4 is 4.74 Å². The first-order chi connectivity index (χ1) is 13.9. The summed E-state index contributed by atoms with van der Waals surface area (Å²) in [4.78, 5) is 39.5. The van der Waals surface area contributed by atoms with E-state index in [2.05, 4.69) is 0 Å². The zero-order valence-electron chi connectivity index (χ0n) is 16.8. The molecule has 2 aromatic rings. The van der Waals surface area contributed by atoms with Crippen LogP contribution in [-0.2, 0) is 9.59 Å². The molecule has 29 heavy (non-hydrogen) atoms. The van der Waals surface area contributed by atoms with Crippen molar-refractivity contribution in [3.05, 3.63) is 59.4 Å². The highest BCUT2D eigenvalue weighted by Crippen LogP contribution is 2.35. The molecule has 1 aromatic heterocycles. The minimum atomic E-state index is -0.313. The Morgan fingerprint density at radius 3 is 2.17 bits per heavy atom. The topological polar surface area (TPSA) is 68.6 Å². The monoisotopic (exact) mass is 392 g/mol. The highest BCUT2D eigenvalue weighted by atomic mass is 16.5. The minimum Gasteiger partial charge on any atom is -0.497 e. The first-order valence-electron chi connectivity index (χ1n) is 9.79. The van der Waals surface area contributed by atoms with Crippen molar-refractivity contribution in [2.75, 3.05) is 13.7 Å². The number of aromatic nitrogens is 1. The highest BCUT2D eigenvalue weighted by molar-refractivity contribution is 6.10. The Labute approximate surface area is 169 Å². The summed E-state index contributed by atoms with van der Waals surface area (Å²) in [7, 11) is 1.62. The molecule has 150 valence electrons. The SMILES string of the molecule is COc1ccc(-n2c(C)cc(C(=O)CN3C(=O)C4CC=CCC4C3=O)c2C)cc1. The molecule has 2 unspecified atom stereocenters. The summed E-state index contributed by atoms with van der Waals surface area (Å²) in [5, 5.41) is 0. The number of ether oxygens (including phenoxy) is 1. The zero-order chi connectivity index (χ0) is 20.7. The van der Waals surface area contributed by atoms with Crippen molar-refractivity contribution in [1.82, 2.24) is 9.47 Å². The first-order valence-corrected chi connectivity index (χ1v) is 9.79. The van der Waals surface area contributed by atoms with Gasteiger partial charge in [0.2, 0.25) is 11.8 Å². The molecule has 0 bridgehead atoms. The number of Topliss-reactive ketones (excluding diaryl/α,β-unsaturated/α-hetero) is 1. The second kappa shape index (κ2) is 7.35. The van der Waals surface area contributed by atoms with E-state index in [1.54, 1.807) is 7.11 Å². The fraction of sp³-hybridized carbons (Fsp3) is 0.348. The summed E-state index contributed by atoms with van der Waals surface area (Å²) >= 11 is 0. The Morgan fingerprint density at radius 2 is 1.62 bits per heavy atom. The number of rotatable bonds is 5. The van der Waals surface area contributed by atoms with Gasteiger partial charge in [-0.1, -0.05) is 12.2 Å². The van der Waals surface area contributed by atoms with Gasteiger partial charge >= 0.3 is 0 Å². The summed E-state index contributed by atoms with van der Waals surface area (Å²) in [6.07, 6.45) is 5.04. The molecular weight excluding hydrogens is 368 g/mol. The van der Waals surface area contributed by atoms with Crippen molar-refractivity contribution in [3.63, 3.8) is 0 Å². The van der Waals surface area contributed by atoms with E-state index in [4.69, 9.17) is 4.74 Å². The molecule has 0 saturated carbocycles. The van der Waals surface area contributed by atoms with E-state index in [9.17, 15) is 14.4 Å². The summed E-state index contributed by atoms with van der Waals surface area (Å²) in [5.41, 5.74) is 3.15. The molecule has 1 aliphatic heterocycles. The number of methoxy groups -OCH3 is 1. The van der Waals surface area contributed by atoms with Crippen molar-refractivity contribution >= 4 is 17.6 Å². The summed E-state index contributed by atoms with van der Waals surface area (Å²) in [6.45, 7) is 3.61. The van der Waals surface area contributed by atoms with Crippen LogP contribution in [0.25, 0.3) is 5.69 Å². The van der Waals surface area contributed by atoms with Crippen molar-refractivity contribution in [1.29, 1.82) is 0 Å². The number of ketones is 1. The maximum atomic E-state index is 13.0. The predicted molar refractivity (Wildman–Crippen MR) is 108 cm³/mol. The van der Waals surface area contributed by atoms with Gasteiger partial charge in [0, 0.05) is 22.6 Å². The Balaban J connectivity index is 1.58. The predicted octanol–water partition coefficient (Wildman–Crippen LogP) is 3.24. The Kier molecular flexibility index (Phi) is 4.86. The van der Waals surface area contributed by atoms with Crippen LogP contribution in [0.5, 0.6) is 5.75 Å². The molecular formula is C23H24N2O4.